The summed E-state index contributed by atoms with van der Waals surface area (Å²) in [5, 5.41) is 3.72. The van der Waals surface area contributed by atoms with Crippen LogP contribution in [0.3, 0.4) is 0 Å². The van der Waals surface area contributed by atoms with Crippen LogP contribution in [0.25, 0.3) is 0 Å². The number of hydrogen-bond acceptors (Lipinski definition) is 4. The van der Waals surface area contributed by atoms with Crippen LogP contribution in [-0.2, 0) is 9.47 Å². The molecule has 1 unspecified atom stereocenters. The van der Waals surface area contributed by atoms with Crippen LogP contribution in [0, 0.1) is 5.92 Å². The number of methoxy groups -OCH3 is 1. The van der Waals surface area contributed by atoms with Gasteiger partial charge in [0, 0.05) is 32.3 Å². The molecule has 5 heteroatoms. The van der Waals surface area contributed by atoms with Gasteiger partial charge >= 0.3 is 6.09 Å². The second kappa shape index (κ2) is 8.88. The molecule has 0 spiro atoms. The van der Waals surface area contributed by atoms with E-state index in [1.807, 2.05) is 27.8 Å². The lowest BCUT2D eigenvalue weighted by molar-refractivity contribution is 0.0175. The van der Waals surface area contributed by atoms with Gasteiger partial charge < -0.3 is 19.7 Å². The van der Waals surface area contributed by atoms with Crippen LogP contribution >= 0.6 is 0 Å². The minimum Gasteiger partial charge on any atom is -0.444 e. The molecule has 0 radical (unpaired) electrons. The lowest BCUT2D eigenvalue weighted by atomic mass is 9.89. The minimum atomic E-state index is -0.436. The first kappa shape index (κ1) is 20.2. The Morgan fingerprint density at radius 2 is 1.78 bits per heavy atom. The third kappa shape index (κ3) is 7.08. The van der Waals surface area contributed by atoms with E-state index in [1.165, 1.54) is 0 Å². The van der Waals surface area contributed by atoms with Crippen LogP contribution in [-0.4, -0.2) is 55.5 Å². The molecule has 1 atom stereocenters. The molecule has 0 aromatic carbocycles. The third-order valence-electron chi connectivity index (χ3n) is 4.53. The number of amides is 1. The number of nitrogens with zero attached hydrogens (tertiary/aromatic N) is 1. The predicted octanol–water partition coefficient (Wildman–Crippen LogP) is 3.43. The molecule has 0 aromatic heterocycles. The Kier molecular flexibility index (Phi) is 7.81. The second-order valence-electron chi connectivity index (χ2n) is 8.07. The molecule has 0 saturated heterocycles. The summed E-state index contributed by atoms with van der Waals surface area (Å²) in [6.07, 6.45) is 4.00. The summed E-state index contributed by atoms with van der Waals surface area (Å²) in [4.78, 5) is 13.9. The minimum absolute atomic E-state index is 0.214. The second-order valence-corrected chi connectivity index (χ2v) is 8.07. The number of nitrogens with one attached hydrogen (secondary N) is 1. The Bertz CT molecular complexity index is 358. The lowest BCUT2D eigenvalue weighted by Gasteiger charge is -2.37. The first-order valence-electron chi connectivity index (χ1n) is 8.84. The van der Waals surface area contributed by atoms with Gasteiger partial charge in [-0.3, -0.25) is 0 Å². The summed E-state index contributed by atoms with van der Waals surface area (Å²) in [6.45, 7) is 10.9. The molecule has 1 saturated carbocycles. The van der Waals surface area contributed by atoms with Crippen LogP contribution in [0.15, 0.2) is 0 Å². The molecule has 1 rings (SSSR count). The predicted molar refractivity (Wildman–Crippen MR) is 93.7 cm³/mol. The molecule has 0 heterocycles. The van der Waals surface area contributed by atoms with Crippen molar-refractivity contribution in [2.45, 2.75) is 84.0 Å². The molecule has 0 aliphatic heterocycles. The number of ether oxygens (including phenoxy) is 2. The van der Waals surface area contributed by atoms with Crippen LogP contribution in [0.1, 0.15) is 60.3 Å². The highest BCUT2D eigenvalue weighted by Crippen LogP contribution is 2.24. The molecule has 0 aromatic rings. The number of carbonyl (C=O) groups is 1. The van der Waals surface area contributed by atoms with E-state index in [4.69, 9.17) is 9.47 Å². The molecule has 23 heavy (non-hydrogen) atoms. The molecular weight excluding hydrogens is 292 g/mol. The standard InChI is InChI=1S/C18H36N2O3/c1-13(2)16(12-22-7)19-14-8-10-15(11-9-14)20(6)17(21)23-18(3,4)5/h13-16,19H,8-12H2,1-7H3. The van der Waals surface area contributed by atoms with Crippen molar-refractivity contribution in [3.63, 3.8) is 0 Å². The molecular formula is C18H36N2O3. The van der Waals surface area contributed by atoms with Gasteiger partial charge in [-0.05, 0) is 52.4 Å². The van der Waals surface area contributed by atoms with Crippen LogP contribution in [0.4, 0.5) is 4.79 Å². The smallest absolute Gasteiger partial charge is 0.410 e. The van der Waals surface area contributed by atoms with E-state index >= 15 is 0 Å². The van der Waals surface area contributed by atoms with Gasteiger partial charge in [0.1, 0.15) is 5.60 Å². The van der Waals surface area contributed by atoms with Gasteiger partial charge in [-0.1, -0.05) is 13.8 Å². The largest absolute Gasteiger partial charge is 0.444 e. The Labute approximate surface area is 142 Å². The van der Waals surface area contributed by atoms with Crippen molar-refractivity contribution in [1.82, 2.24) is 10.2 Å². The Morgan fingerprint density at radius 3 is 2.22 bits per heavy atom. The number of rotatable bonds is 6. The topological polar surface area (TPSA) is 50.8 Å². The average molecular weight is 328 g/mol. The SMILES string of the molecule is COCC(NC1CCC(N(C)C(=O)OC(C)(C)C)CC1)C(C)C. The fourth-order valence-electron chi connectivity index (χ4n) is 3.03. The fourth-order valence-corrected chi connectivity index (χ4v) is 3.03. The summed E-state index contributed by atoms with van der Waals surface area (Å²) in [6, 6.07) is 1.19. The summed E-state index contributed by atoms with van der Waals surface area (Å²) in [7, 11) is 3.61. The van der Waals surface area contributed by atoms with Crippen molar-refractivity contribution in [1.29, 1.82) is 0 Å². The van der Waals surface area contributed by atoms with E-state index in [9.17, 15) is 4.79 Å². The fraction of sp³-hybridized carbons (Fsp3) is 0.944. The zero-order chi connectivity index (χ0) is 17.6. The van der Waals surface area contributed by atoms with E-state index in [0.717, 1.165) is 32.3 Å². The zero-order valence-electron chi connectivity index (χ0n) is 16.0. The highest BCUT2D eigenvalue weighted by Gasteiger charge is 2.30. The summed E-state index contributed by atoms with van der Waals surface area (Å²) < 4.78 is 10.8. The van der Waals surface area contributed by atoms with Gasteiger partial charge in [-0.2, -0.15) is 0 Å². The van der Waals surface area contributed by atoms with Gasteiger partial charge in [0.05, 0.1) is 6.61 Å². The van der Waals surface area contributed by atoms with E-state index < -0.39 is 5.60 Å². The number of carbonyl (C=O) groups excluding carboxylic acids is 1. The maximum absolute atomic E-state index is 12.2. The summed E-state index contributed by atoms with van der Waals surface area (Å²) in [5.74, 6) is 0.553. The van der Waals surface area contributed by atoms with Crippen molar-refractivity contribution < 1.29 is 14.3 Å². The highest BCUT2D eigenvalue weighted by molar-refractivity contribution is 5.68. The van der Waals surface area contributed by atoms with Crippen LogP contribution in [0.2, 0.25) is 0 Å². The van der Waals surface area contributed by atoms with Crippen molar-refractivity contribution in [2.24, 2.45) is 5.92 Å². The Hall–Kier alpha value is -0.810. The maximum Gasteiger partial charge on any atom is 0.410 e. The molecule has 1 amide bonds. The molecule has 1 N–H and O–H groups in total. The van der Waals surface area contributed by atoms with Gasteiger partial charge in [-0.15, -0.1) is 0 Å². The van der Waals surface area contributed by atoms with Crippen molar-refractivity contribution in [2.75, 3.05) is 20.8 Å². The first-order valence-corrected chi connectivity index (χ1v) is 8.84. The van der Waals surface area contributed by atoms with E-state index in [1.54, 1.807) is 12.0 Å². The van der Waals surface area contributed by atoms with Gasteiger partial charge in [0.25, 0.3) is 0 Å². The third-order valence-corrected chi connectivity index (χ3v) is 4.53. The quantitative estimate of drug-likeness (QED) is 0.811. The maximum atomic E-state index is 12.2. The zero-order valence-corrected chi connectivity index (χ0v) is 16.0. The van der Waals surface area contributed by atoms with E-state index in [2.05, 4.69) is 19.2 Å². The van der Waals surface area contributed by atoms with E-state index in [-0.39, 0.29) is 12.1 Å². The molecule has 136 valence electrons. The molecule has 0 bridgehead atoms. The van der Waals surface area contributed by atoms with Gasteiger partial charge in [0.15, 0.2) is 0 Å². The molecule has 1 fully saturated rings. The van der Waals surface area contributed by atoms with Gasteiger partial charge in [0.2, 0.25) is 0 Å². The summed E-state index contributed by atoms with van der Waals surface area (Å²) in [5.41, 5.74) is -0.436. The van der Waals surface area contributed by atoms with Crippen LogP contribution in [0.5, 0.6) is 0 Å². The van der Waals surface area contributed by atoms with Crippen molar-refractivity contribution in [3.05, 3.63) is 0 Å². The Balaban J connectivity index is 2.44. The van der Waals surface area contributed by atoms with Gasteiger partial charge in [-0.25, -0.2) is 4.79 Å². The van der Waals surface area contributed by atoms with Crippen molar-refractivity contribution >= 4 is 6.09 Å². The first-order chi connectivity index (χ1) is 10.6. The summed E-state index contributed by atoms with van der Waals surface area (Å²) >= 11 is 0. The van der Waals surface area contributed by atoms with Crippen molar-refractivity contribution in [3.8, 4) is 0 Å². The monoisotopic (exact) mass is 328 g/mol. The average Bonchev–Trinajstić information content (AvgIpc) is 2.45. The Morgan fingerprint density at radius 1 is 1.22 bits per heavy atom. The van der Waals surface area contributed by atoms with Crippen LogP contribution < -0.4 is 5.32 Å². The van der Waals surface area contributed by atoms with E-state index in [0.29, 0.717) is 18.0 Å². The lowest BCUT2D eigenvalue weighted by Crippen LogP contribution is -2.49. The number of hydrogen-bond donors (Lipinski definition) is 1. The molecule has 1 aliphatic rings. The molecule has 1 aliphatic carbocycles. The highest BCUT2D eigenvalue weighted by atomic mass is 16.6. The molecule has 5 nitrogen and oxygen atoms in total. The normalized spacial score (nSPS) is 23.7.